The Morgan fingerprint density at radius 2 is 1.76 bits per heavy atom. The van der Waals surface area contributed by atoms with Gasteiger partial charge in [0.25, 0.3) is 5.56 Å². The minimum Gasteiger partial charge on any atom is -0.308 e. The highest BCUT2D eigenvalue weighted by molar-refractivity contribution is 5.26. The number of rotatable bonds is 10. The molecule has 0 fully saturated rings. The highest BCUT2D eigenvalue weighted by Gasteiger charge is 2.28. The van der Waals surface area contributed by atoms with E-state index in [2.05, 4.69) is 60.1 Å². The van der Waals surface area contributed by atoms with Crippen molar-refractivity contribution in [1.82, 2.24) is 24.3 Å². The number of hydrogen-bond donors (Lipinski definition) is 0. The number of hydrogen-bond acceptors (Lipinski definition) is 5. The molecule has 1 atom stereocenters. The van der Waals surface area contributed by atoms with Crippen molar-refractivity contribution in [2.75, 3.05) is 27.2 Å². The number of pyridine rings is 1. The van der Waals surface area contributed by atoms with Crippen LogP contribution in [0.1, 0.15) is 54.0 Å². The summed E-state index contributed by atoms with van der Waals surface area (Å²) in [7, 11) is 4.20. The molecule has 1 aliphatic carbocycles. The number of aryl methyl sites for hydroxylation is 1. The van der Waals surface area contributed by atoms with Crippen LogP contribution in [0.5, 0.6) is 0 Å². The first-order chi connectivity index (χ1) is 16.1. The first-order valence-electron chi connectivity index (χ1n) is 12.0. The Morgan fingerprint density at radius 3 is 2.45 bits per heavy atom. The van der Waals surface area contributed by atoms with Crippen LogP contribution in [0.15, 0.2) is 59.7 Å². The fourth-order valence-electron chi connectivity index (χ4n) is 4.72. The second kappa shape index (κ2) is 10.9. The zero-order chi connectivity index (χ0) is 23.2. The van der Waals surface area contributed by atoms with Gasteiger partial charge in [0.15, 0.2) is 0 Å². The van der Waals surface area contributed by atoms with Gasteiger partial charge in [-0.2, -0.15) is 0 Å². The lowest BCUT2D eigenvalue weighted by Gasteiger charge is -2.33. The molecule has 0 saturated carbocycles. The SMILES string of the molecule is CCC(c1nc2c(c(=O)n1Cc1ccccc1)CCC2)N(CCN(C)C)Cc1ccncc1. The molecule has 174 valence electrons. The smallest absolute Gasteiger partial charge is 0.257 e. The molecule has 6 nitrogen and oxygen atoms in total. The van der Waals surface area contributed by atoms with Gasteiger partial charge in [-0.1, -0.05) is 37.3 Å². The van der Waals surface area contributed by atoms with Gasteiger partial charge in [-0.05, 0) is 63.0 Å². The van der Waals surface area contributed by atoms with Crippen molar-refractivity contribution >= 4 is 0 Å². The van der Waals surface area contributed by atoms with Crippen LogP contribution < -0.4 is 5.56 Å². The molecule has 1 unspecified atom stereocenters. The second-order valence-electron chi connectivity index (χ2n) is 9.18. The van der Waals surface area contributed by atoms with Gasteiger partial charge < -0.3 is 4.90 Å². The molecule has 0 bridgehead atoms. The van der Waals surface area contributed by atoms with Crippen molar-refractivity contribution in [2.45, 2.75) is 51.7 Å². The van der Waals surface area contributed by atoms with Gasteiger partial charge in [-0.25, -0.2) is 4.98 Å². The molecular weight excluding hydrogens is 410 g/mol. The Labute approximate surface area is 196 Å². The van der Waals surface area contributed by atoms with E-state index in [0.29, 0.717) is 6.54 Å². The van der Waals surface area contributed by atoms with Crippen LogP contribution in [0.2, 0.25) is 0 Å². The fourth-order valence-corrected chi connectivity index (χ4v) is 4.72. The maximum Gasteiger partial charge on any atom is 0.257 e. The van der Waals surface area contributed by atoms with Crippen LogP contribution in [0.4, 0.5) is 0 Å². The van der Waals surface area contributed by atoms with Gasteiger partial charge in [-0.3, -0.25) is 19.2 Å². The molecule has 0 N–H and O–H groups in total. The molecule has 1 aliphatic rings. The van der Waals surface area contributed by atoms with Gasteiger partial charge in [-0.15, -0.1) is 0 Å². The van der Waals surface area contributed by atoms with Crippen LogP contribution in [0.25, 0.3) is 0 Å². The maximum absolute atomic E-state index is 13.6. The van der Waals surface area contributed by atoms with E-state index in [9.17, 15) is 4.79 Å². The van der Waals surface area contributed by atoms with Crippen molar-refractivity contribution in [3.8, 4) is 0 Å². The normalized spacial score (nSPS) is 14.1. The highest BCUT2D eigenvalue weighted by atomic mass is 16.1. The molecule has 0 amide bonds. The standard InChI is InChI=1S/C27H35N5O/c1-4-25(31(18-17-30(2)3)19-22-13-15-28-16-14-22)26-29-24-12-8-11-23(24)27(33)32(26)20-21-9-6-5-7-10-21/h5-7,9-10,13-16,25H,4,8,11-12,17-20H2,1-3H3. The highest BCUT2D eigenvalue weighted by Crippen LogP contribution is 2.27. The zero-order valence-electron chi connectivity index (χ0n) is 20.1. The van der Waals surface area contributed by atoms with E-state index in [0.717, 1.165) is 68.0 Å². The summed E-state index contributed by atoms with van der Waals surface area (Å²) in [5.41, 5.74) is 4.42. The number of aromatic nitrogens is 3. The van der Waals surface area contributed by atoms with E-state index < -0.39 is 0 Å². The van der Waals surface area contributed by atoms with Crippen molar-refractivity contribution in [3.05, 3.63) is 93.4 Å². The summed E-state index contributed by atoms with van der Waals surface area (Å²) < 4.78 is 1.95. The first kappa shape index (κ1) is 23.3. The number of fused-ring (bicyclic) bond motifs is 1. The summed E-state index contributed by atoms with van der Waals surface area (Å²) in [6.07, 6.45) is 7.35. The van der Waals surface area contributed by atoms with Gasteiger partial charge in [0, 0.05) is 37.6 Å². The quantitative estimate of drug-likeness (QED) is 0.476. The Morgan fingerprint density at radius 1 is 1.00 bits per heavy atom. The predicted octanol–water partition coefficient (Wildman–Crippen LogP) is 3.69. The molecule has 0 radical (unpaired) electrons. The summed E-state index contributed by atoms with van der Waals surface area (Å²) in [5.74, 6) is 0.903. The molecule has 4 rings (SSSR count). The molecule has 3 aromatic rings. The second-order valence-corrected chi connectivity index (χ2v) is 9.18. The summed E-state index contributed by atoms with van der Waals surface area (Å²) in [6.45, 7) is 5.39. The van der Waals surface area contributed by atoms with Gasteiger partial charge in [0.05, 0.1) is 18.3 Å². The van der Waals surface area contributed by atoms with Crippen LogP contribution >= 0.6 is 0 Å². The van der Waals surface area contributed by atoms with E-state index in [1.807, 2.05) is 35.2 Å². The van der Waals surface area contributed by atoms with Gasteiger partial charge in [0.1, 0.15) is 5.82 Å². The summed E-state index contributed by atoms with van der Waals surface area (Å²) in [4.78, 5) is 27.7. The number of likely N-dealkylation sites (N-methyl/N-ethyl adjacent to an activating group) is 1. The Balaban J connectivity index is 1.76. The van der Waals surface area contributed by atoms with E-state index in [1.165, 1.54) is 5.56 Å². The lowest BCUT2D eigenvalue weighted by Crippen LogP contribution is -2.39. The Kier molecular flexibility index (Phi) is 7.68. The number of nitrogens with zero attached hydrogens (tertiary/aromatic N) is 5. The van der Waals surface area contributed by atoms with Crippen LogP contribution in [0, 0.1) is 0 Å². The summed E-state index contributed by atoms with van der Waals surface area (Å²) in [6, 6.07) is 14.5. The van der Waals surface area contributed by atoms with Crippen molar-refractivity contribution in [2.24, 2.45) is 0 Å². The molecule has 33 heavy (non-hydrogen) atoms. The minimum absolute atomic E-state index is 0.0560. The van der Waals surface area contributed by atoms with Crippen LogP contribution in [-0.2, 0) is 25.9 Å². The van der Waals surface area contributed by atoms with E-state index >= 15 is 0 Å². The number of benzene rings is 1. The Bertz CT molecular complexity index is 1090. The van der Waals surface area contributed by atoms with Crippen molar-refractivity contribution in [1.29, 1.82) is 0 Å². The topological polar surface area (TPSA) is 54.3 Å². The molecule has 0 aliphatic heterocycles. The lowest BCUT2D eigenvalue weighted by molar-refractivity contribution is 0.155. The summed E-state index contributed by atoms with van der Waals surface area (Å²) in [5, 5.41) is 0. The van der Waals surface area contributed by atoms with Crippen molar-refractivity contribution < 1.29 is 0 Å². The first-order valence-corrected chi connectivity index (χ1v) is 12.0. The molecule has 1 aromatic carbocycles. The van der Waals surface area contributed by atoms with E-state index in [-0.39, 0.29) is 11.6 Å². The third-order valence-corrected chi connectivity index (χ3v) is 6.50. The van der Waals surface area contributed by atoms with Gasteiger partial charge >= 0.3 is 0 Å². The molecule has 6 heteroatoms. The molecule has 2 aromatic heterocycles. The molecule has 2 heterocycles. The average Bonchev–Trinajstić information content (AvgIpc) is 3.30. The fraction of sp³-hybridized carbons (Fsp3) is 0.444. The average molecular weight is 446 g/mol. The molecule has 0 saturated heterocycles. The van der Waals surface area contributed by atoms with E-state index in [1.54, 1.807) is 0 Å². The largest absolute Gasteiger partial charge is 0.308 e. The third-order valence-electron chi connectivity index (χ3n) is 6.50. The van der Waals surface area contributed by atoms with Crippen LogP contribution in [0.3, 0.4) is 0 Å². The Hall–Kier alpha value is -2.83. The van der Waals surface area contributed by atoms with Crippen LogP contribution in [-0.4, -0.2) is 51.5 Å². The summed E-state index contributed by atoms with van der Waals surface area (Å²) >= 11 is 0. The maximum atomic E-state index is 13.6. The zero-order valence-corrected chi connectivity index (χ0v) is 20.1. The predicted molar refractivity (Wildman–Crippen MR) is 132 cm³/mol. The molecule has 0 spiro atoms. The van der Waals surface area contributed by atoms with Gasteiger partial charge in [0.2, 0.25) is 0 Å². The molecular formula is C27H35N5O. The van der Waals surface area contributed by atoms with E-state index in [4.69, 9.17) is 4.98 Å². The lowest BCUT2D eigenvalue weighted by atomic mass is 10.1. The monoisotopic (exact) mass is 445 g/mol. The third kappa shape index (κ3) is 5.57. The minimum atomic E-state index is 0.0560. The van der Waals surface area contributed by atoms with Crippen molar-refractivity contribution in [3.63, 3.8) is 0 Å².